The van der Waals surface area contributed by atoms with Gasteiger partial charge in [-0.1, -0.05) is 13.8 Å². The number of hydrogen-bond acceptors (Lipinski definition) is 3. The molecule has 3 aliphatic carbocycles. The highest BCUT2D eigenvalue weighted by molar-refractivity contribution is 5.66. The molecule has 0 aromatic rings. The van der Waals surface area contributed by atoms with E-state index in [-0.39, 0.29) is 17.5 Å². The molecule has 3 heteroatoms. The minimum atomic E-state index is -0.102. The molecule has 0 N–H and O–H groups in total. The van der Waals surface area contributed by atoms with E-state index >= 15 is 0 Å². The van der Waals surface area contributed by atoms with Gasteiger partial charge in [0.15, 0.2) is 0 Å². The molecule has 1 saturated heterocycles. The summed E-state index contributed by atoms with van der Waals surface area (Å²) < 4.78 is 11.9. The van der Waals surface area contributed by atoms with Gasteiger partial charge in [0, 0.05) is 18.9 Å². The maximum atomic E-state index is 11.5. The number of carbonyl (C=O) groups is 1. The van der Waals surface area contributed by atoms with Crippen LogP contribution in [0.15, 0.2) is 0 Å². The fraction of sp³-hybridized carbons (Fsp3) is 0.950. The van der Waals surface area contributed by atoms with Gasteiger partial charge in [0.2, 0.25) is 0 Å². The second-order valence-electron chi connectivity index (χ2n) is 9.14. The van der Waals surface area contributed by atoms with Crippen molar-refractivity contribution in [2.24, 2.45) is 28.6 Å². The van der Waals surface area contributed by atoms with E-state index in [1.165, 1.54) is 44.9 Å². The number of carbonyl (C=O) groups excluding carboxylic acids is 1. The van der Waals surface area contributed by atoms with Crippen molar-refractivity contribution in [3.63, 3.8) is 0 Å². The van der Waals surface area contributed by atoms with E-state index in [0.29, 0.717) is 11.5 Å². The van der Waals surface area contributed by atoms with E-state index in [1.807, 2.05) is 0 Å². The van der Waals surface area contributed by atoms with Crippen molar-refractivity contribution in [3.8, 4) is 0 Å². The Morgan fingerprint density at radius 1 is 1.00 bits per heavy atom. The normalized spacial score (nSPS) is 52.2. The van der Waals surface area contributed by atoms with Gasteiger partial charge < -0.3 is 9.47 Å². The van der Waals surface area contributed by atoms with Crippen molar-refractivity contribution >= 4 is 5.97 Å². The third-order valence-corrected chi connectivity index (χ3v) is 8.18. The summed E-state index contributed by atoms with van der Waals surface area (Å²) in [6.45, 7) is 7.44. The minimum absolute atomic E-state index is 0.102. The summed E-state index contributed by atoms with van der Waals surface area (Å²) in [5.41, 5.74) is 0.605. The van der Waals surface area contributed by atoms with Gasteiger partial charge in [0.05, 0.1) is 6.10 Å². The van der Waals surface area contributed by atoms with Crippen LogP contribution in [0.4, 0.5) is 0 Å². The van der Waals surface area contributed by atoms with Crippen molar-refractivity contribution in [1.82, 2.24) is 0 Å². The number of hydrogen-bond donors (Lipinski definition) is 0. The fourth-order valence-corrected chi connectivity index (χ4v) is 7.07. The maximum absolute atomic E-state index is 11.5. The zero-order valence-corrected chi connectivity index (χ0v) is 15.0. The van der Waals surface area contributed by atoms with Crippen LogP contribution in [-0.2, 0) is 14.3 Å². The Morgan fingerprint density at radius 2 is 1.78 bits per heavy atom. The van der Waals surface area contributed by atoms with E-state index in [9.17, 15) is 4.79 Å². The van der Waals surface area contributed by atoms with Crippen LogP contribution in [-0.4, -0.2) is 24.8 Å². The molecule has 4 rings (SSSR count). The Labute approximate surface area is 140 Å². The second kappa shape index (κ2) is 5.47. The molecule has 4 aliphatic rings. The second-order valence-corrected chi connectivity index (χ2v) is 9.14. The van der Waals surface area contributed by atoms with Crippen LogP contribution in [0, 0.1) is 28.6 Å². The highest BCUT2D eigenvalue weighted by Crippen LogP contribution is 2.64. The fourth-order valence-electron chi connectivity index (χ4n) is 7.07. The molecule has 0 spiro atoms. The first kappa shape index (κ1) is 15.9. The third-order valence-electron chi connectivity index (χ3n) is 8.18. The van der Waals surface area contributed by atoms with Gasteiger partial charge in [-0.2, -0.15) is 0 Å². The molecule has 0 aromatic heterocycles. The summed E-state index contributed by atoms with van der Waals surface area (Å²) >= 11 is 0. The van der Waals surface area contributed by atoms with Crippen molar-refractivity contribution < 1.29 is 14.3 Å². The summed E-state index contributed by atoms with van der Waals surface area (Å²) in [4.78, 5) is 11.5. The summed E-state index contributed by atoms with van der Waals surface area (Å²) in [5, 5.41) is 0. The highest BCUT2D eigenvalue weighted by Gasteiger charge is 2.60. The predicted octanol–water partition coefficient (Wildman–Crippen LogP) is 4.34. The number of esters is 1. The molecule has 0 unspecified atom stereocenters. The van der Waals surface area contributed by atoms with Gasteiger partial charge in [-0.15, -0.1) is 0 Å². The topological polar surface area (TPSA) is 35.5 Å². The average Bonchev–Trinajstić information content (AvgIpc) is 2.83. The van der Waals surface area contributed by atoms with Crippen LogP contribution < -0.4 is 0 Å². The van der Waals surface area contributed by atoms with Gasteiger partial charge >= 0.3 is 5.97 Å². The van der Waals surface area contributed by atoms with E-state index in [4.69, 9.17) is 9.47 Å². The summed E-state index contributed by atoms with van der Waals surface area (Å²) in [6, 6.07) is 0. The van der Waals surface area contributed by atoms with Crippen LogP contribution in [0.3, 0.4) is 0 Å². The molecule has 3 nitrogen and oxygen atoms in total. The first-order valence-electron chi connectivity index (χ1n) is 9.74. The number of ether oxygens (including phenoxy) is 2. The molecular weight excluding hydrogens is 288 g/mol. The van der Waals surface area contributed by atoms with Crippen LogP contribution in [0.1, 0.15) is 72.1 Å². The predicted molar refractivity (Wildman–Crippen MR) is 88.9 cm³/mol. The van der Waals surface area contributed by atoms with E-state index < -0.39 is 0 Å². The Hall–Kier alpha value is -0.570. The Bertz CT molecular complexity index is 489. The Morgan fingerprint density at radius 3 is 2.57 bits per heavy atom. The van der Waals surface area contributed by atoms with E-state index in [2.05, 4.69) is 13.8 Å². The molecule has 1 aliphatic heterocycles. The van der Waals surface area contributed by atoms with Crippen LogP contribution in [0.2, 0.25) is 0 Å². The first-order valence-corrected chi connectivity index (χ1v) is 9.74. The van der Waals surface area contributed by atoms with E-state index in [0.717, 1.165) is 30.8 Å². The molecule has 0 radical (unpaired) electrons. The van der Waals surface area contributed by atoms with Crippen LogP contribution >= 0.6 is 0 Å². The molecule has 130 valence electrons. The molecule has 0 bridgehead atoms. The minimum Gasteiger partial charge on any atom is -0.462 e. The molecule has 7 atom stereocenters. The molecule has 1 heterocycles. The van der Waals surface area contributed by atoms with Crippen molar-refractivity contribution in [3.05, 3.63) is 0 Å². The summed E-state index contributed by atoms with van der Waals surface area (Å²) in [6.07, 6.45) is 10.6. The van der Waals surface area contributed by atoms with Crippen molar-refractivity contribution in [2.75, 3.05) is 6.61 Å². The standard InChI is InChI=1S/C20H32O3/c1-13(21)23-18-8-6-15-14-5-7-17-19(2,10-4-12-22-17)16(14)9-11-20(15,18)3/h14-18H,4-12H2,1-3H3/t14-,15-,16-,17+,18-,19+,20-/m0/s1. The largest absolute Gasteiger partial charge is 0.462 e. The van der Waals surface area contributed by atoms with Crippen LogP contribution in [0.5, 0.6) is 0 Å². The van der Waals surface area contributed by atoms with Gasteiger partial charge in [0.25, 0.3) is 0 Å². The van der Waals surface area contributed by atoms with Crippen molar-refractivity contribution in [1.29, 1.82) is 0 Å². The zero-order valence-electron chi connectivity index (χ0n) is 15.0. The lowest BCUT2D eigenvalue weighted by Gasteiger charge is -2.59. The molecule has 3 saturated carbocycles. The Kier molecular flexibility index (Phi) is 3.79. The number of rotatable bonds is 1. The summed E-state index contributed by atoms with van der Waals surface area (Å²) in [5.74, 6) is 2.27. The monoisotopic (exact) mass is 320 g/mol. The average molecular weight is 320 g/mol. The SMILES string of the molecule is CC(=O)O[C@H]1CC[C@H]2[C@@H]3CC[C@H]4OCCC[C@]4(C)[C@H]3CC[C@]12C. The number of fused-ring (bicyclic) bond motifs is 5. The molecule has 4 fully saturated rings. The molecule has 0 amide bonds. The lowest BCUT2D eigenvalue weighted by atomic mass is 9.48. The van der Waals surface area contributed by atoms with Gasteiger partial charge in [-0.05, 0) is 74.5 Å². The Balaban J connectivity index is 1.59. The highest BCUT2D eigenvalue weighted by atomic mass is 16.5. The summed E-state index contributed by atoms with van der Waals surface area (Å²) in [7, 11) is 0. The van der Waals surface area contributed by atoms with Crippen LogP contribution in [0.25, 0.3) is 0 Å². The molecule has 0 aromatic carbocycles. The lowest BCUT2D eigenvalue weighted by Crippen LogP contribution is -2.56. The van der Waals surface area contributed by atoms with Gasteiger partial charge in [-0.25, -0.2) is 0 Å². The van der Waals surface area contributed by atoms with E-state index in [1.54, 1.807) is 6.92 Å². The maximum Gasteiger partial charge on any atom is 0.302 e. The quantitative estimate of drug-likeness (QED) is 0.674. The lowest BCUT2D eigenvalue weighted by molar-refractivity contribution is -0.182. The zero-order chi connectivity index (χ0) is 16.2. The van der Waals surface area contributed by atoms with Crippen molar-refractivity contribution in [2.45, 2.75) is 84.3 Å². The van der Waals surface area contributed by atoms with Gasteiger partial charge in [-0.3, -0.25) is 4.79 Å². The first-order chi connectivity index (χ1) is 10.9. The molecular formula is C20H32O3. The van der Waals surface area contributed by atoms with Gasteiger partial charge in [0.1, 0.15) is 6.10 Å². The smallest absolute Gasteiger partial charge is 0.302 e. The third kappa shape index (κ3) is 2.29. The molecule has 23 heavy (non-hydrogen) atoms.